The SMILES string of the molecule is NCCOc1cccc(CO)c1. The molecule has 0 heterocycles. The van der Waals surface area contributed by atoms with Crippen molar-refractivity contribution in [2.75, 3.05) is 13.2 Å². The predicted octanol–water partition coefficient (Wildman–Crippen LogP) is 0.516. The molecule has 1 aromatic rings. The van der Waals surface area contributed by atoms with Gasteiger partial charge in [0, 0.05) is 6.54 Å². The Morgan fingerprint density at radius 1 is 1.42 bits per heavy atom. The zero-order valence-corrected chi connectivity index (χ0v) is 6.86. The van der Waals surface area contributed by atoms with Crippen molar-refractivity contribution in [1.29, 1.82) is 0 Å². The second kappa shape index (κ2) is 4.74. The molecular formula is C9H13NO2. The maximum Gasteiger partial charge on any atom is 0.119 e. The van der Waals surface area contributed by atoms with Gasteiger partial charge in [-0.05, 0) is 17.7 Å². The molecule has 0 radical (unpaired) electrons. The van der Waals surface area contributed by atoms with Crippen molar-refractivity contribution in [3.8, 4) is 5.75 Å². The molecule has 3 N–H and O–H groups in total. The van der Waals surface area contributed by atoms with Crippen LogP contribution in [-0.4, -0.2) is 18.3 Å². The standard InChI is InChI=1S/C9H13NO2/c10-4-5-12-9-3-1-2-8(6-9)7-11/h1-3,6,11H,4-5,7,10H2. The monoisotopic (exact) mass is 167 g/mol. The maximum absolute atomic E-state index is 8.81. The minimum Gasteiger partial charge on any atom is -0.492 e. The summed E-state index contributed by atoms with van der Waals surface area (Å²) in [7, 11) is 0. The van der Waals surface area contributed by atoms with Crippen molar-refractivity contribution in [2.45, 2.75) is 6.61 Å². The lowest BCUT2D eigenvalue weighted by atomic mass is 10.2. The number of hydrogen-bond acceptors (Lipinski definition) is 3. The van der Waals surface area contributed by atoms with Crippen molar-refractivity contribution >= 4 is 0 Å². The molecule has 0 unspecified atom stereocenters. The van der Waals surface area contributed by atoms with Crippen LogP contribution < -0.4 is 10.5 Å². The number of benzene rings is 1. The molecule has 0 saturated carbocycles. The van der Waals surface area contributed by atoms with Gasteiger partial charge in [-0.15, -0.1) is 0 Å². The first-order valence-electron chi connectivity index (χ1n) is 3.89. The normalized spacial score (nSPS) is 9.83. The highest BCUT2D eigenvalue weighted by molar-refractivity contribution is 5.27. The van der Waals surface area contributed by atoms with Gasteiger partial charge in [-0.25, -0.2) is 0 Å². The molecule has 0 aromatic heterocycles. The van der Waals surface area contributed by atoms with E-state index in [-0.39, 0.29) is 6.61 Å². The van der Waals surface area contributed by atoms with Crippen LogP contribution in [0.5, 0.6) is 5.75 Å². The van der Waals surface area contributed by atoms with Crippen molar-refractivity contribution in [3.63, 3.8) is 0 Å². The zero-order valence-electron chi connectivity index (χ0n) is 6.86. The molecule has 12 heavy (non-hydrogen) atoms. The first kappa shape index (κ1) is 9.03. The van der Waals surface area contributed by atoms with Crippen molar-refractivity contribution in [3.05, 3.63) is 29.8 Å². The minimum absolute atomic E-state index is 0.0415. The molecule has 0 atom stereocenters. The van der Waals surface area contributed by atoms with Crippen LogP contribution in [0.2, 0.25) is 0 Å². The molecular weight excluding hydrogens is 154 g/mol. The number of hydrogen-bond donors (Lipinski definition) is 2. The van der Waals surface area contributed by atoms with Gasteiger partial charge in [0.25, 0.3) is 0 Å². The summed E-state index contributed by atoms with van der Waals surface area (Å²) in [4.78, 5) is 0. The Hall–Kier alpha value is -1.06. The molecule has 0 aliphatic rings. The van der Waals surface area contributed by atoms with Gasteiger partial charge >= 0.3 is 0 Å². The molecule has 0 saturated heterocycles. The van der Waals surface area contributed by atoms with E-state index in [1.807, 2.05) is 18.2 Å². The zero-order chi connectivity index (χ0) is 8.81. The molecule has 1 aromatic carbocycles. The Morgan fingerprint density at radius 3 is 2.92 bits per heavy atom. The minimum atomic E-state index is 0.0415. The number of aliphatic hydroxyl groups is 1. The Labute approximate surface area is 71.8 Å². The number of ether oxygens (including phenoxy) is 1. The maximum atomic E-state index is 8.81. The second-order valence-electron chi connectivity index (χ2n) is 2.44. The highest BCUT2D eigenvalue weighted by atomic mass is 16.5. The lowest BCUT2D eigenvalue weighted by Crippen LogP contribution is -2.10. The van der Waals surface area contributed by atoms with Gasteiger partial charge in [0.2, 0.25) is 0 Å². The van der Waals surface area contributed by atoms with Crippen molar-refractivity contribution < 1.29 is 9.84 Å². The summed E-state index contributed by atoms with van der Waals surface area (Å²) in [5.41, 5.74) is 6.12. The lowest BCUT2D eigenvalue weighted by molar-refractivity contribution is 0.279. The fourth-order valence-corrected chi connectivity index (χ4v) is 0.910. The lowest BCUT2D eigenvalue weighted by Gasteiger charge is -2.04. The third-order valence-electron chi connectivity index (χ3n) is 1.47. The summed E-state index contributed by atoms with van der Waals surface area (Å²) in [5.74, 6) is 0.756. The van der Waals surface area contributed by atoms with Crippen LogP contribution in [0.15, 0.2) is 24.3 Å². The summed E-state index contributed by atoms with van der Waals surface area (Å²) in [6.45, 7) is 1.05. The van der Waals surface area contributed by atoms with E-state index >= 15 is 0 Å². The fraction of sp³-hybridized carbons (Fsp3) is 0.333. The molecule has 0 aliphatic carbocycles. The molecule has 0 amide bonds. The van der Waals surface area contributed by atoms with Crippen LogP contribution in [0.1, 0.15) is 5.56 Å². The Morgan fingerprint density at radius 2 is 2.25 bits per heavy atom. The first-order chi connectivity index (χ1) is 5.86. The van der Waals surface area contributed by atoms with Crippen LogP contribution in [0.3, 0.4) is 0 Å². The van der Waals surface area contributed by atoms with E-state index in [0.717, 1.165) is 11.3 Å². The van der Waals surface area contributed by atoms with Crippen LogP contribution in [0, 0.1) is 0 Å². The van der Waals surface area contributed by atoms with Gasteiger partial charge < -0.3 is 15.6 Å². The van der Waals surface area contributed by atoms with Crippen LogP contribution in [0.4, 0.5) is 0 Å². The molecule has 0 fully saturated rings. The summed E-state index contributed by atoms with van der Waals surface area (Å²) in [6.07, 6.45) is 0. The number of nitrogens with two attached hydrogens (primary N) is 1. The van der Waals surface area contributed by atoms with Gasteiger partial charge in [-0.2, -0.15) is 0 Å². The largest absolute Gasteiger partial charge is 0.492 e. The molecule has 0 bridgehead atoms. The molecule has 3 heteroatoms. The summed E-state index contributed by atoms with van der Waals surface area (Å²) in [5, 5.41) is 8.81. The van der Waals surface area contributed by atoms with E-state index in [1.54, 1.807) is 6.07 Å². The van der Waals surface area contributed by atoms with Gasteiger partial charge in [-0.3, -0.25) is 0 Å². The average Bonchev–Trinajstić information content (AvgIpc) is 2.15. The van der Waals surface area contributed by atoms with E-state index in [9.17, 15) is 0 Å². The van der Waals surface area contributed by atoms with Gasteiger partial charge in [0.1, 0.15) is 12.4 Å². The quantitative estimate of drug-likeness (QED) is 0.687. The Kier molecular flexibility index (Phi) is 3.57. The highest BCUT2D eigenvalue weighted by Crippen LogP contribution is 2.12. The molecule has 1 rings (SSSR count). The van der Waals surface area contributed by atoms with E-state index in [2.05, 4.69) is 0 Å². The second-order valence-corrected chi connectivity index (χ2v) is 2.44. The Bertz CT molecular complexity index is 238. The first-order valence-corrected chi connectivity index (χ1v) is 3.89. The third-order valence-corrected chi connectivity index (χ3v) is 1.47. The van der Waals surface area contributed by atoms with Gasteiger partial charge in [-0.1, -0.05) is 12.1 Å². The fourth-order valence-electron chi connectivity index (χ4n) is 0.910. The molecule has 3 nitrogen and oxygen atoms in total. The van der Waals surface area contributed by atoms with Crippen LogP contribution in [0.25, 0.3) is 0 Å². The predicted molar refractivity (Wildman–Crippen MR) is 46.9 cm³/mol. The van der Waals surface area contributed by atoms with Gasteiger partial charge in [0.15, 0.2) is 0 Å². The van der Waals surface area contributed by atoms with Crippen molar-refractivity contribution in [2.24, 2.45) is 5.73 Å². The average molecular weight is 167 g/mol. The summed E-state index contributed by atoms with van der Waals surface area (Å²) in [6, 6.07) is 7.33. The molecule has 0 spiro atoms. The van der Waals surface area contributed by atoms with Crippen LogP contribution >= 0.6 is 0 Å². The van der Waals surface area contributed by atoms with E-state index < -0.39 is 0 Å². The van der Waals surface area contributed by atoms with Crippen LogP contribution in [-0.2, 0) is 6.61 Å². The number of rotatable bonds is 4. The van der Waals surface area contributed by atoms with Gasteiger partial charge in [0.05, 0.1) is 6.61 Å². The topological polar surface area (TPSA) is 55.5 Å². The Balaban J connectivity index is 2.60. The van der Waals surface area contributed by atoms with Crippen molar-refractivity contribution in [1.82, 2.24) is 0 Å². The van der Waals surface area contributed by atoms with E-state index in [0.29, 0.717) is 13.2 Å². The van der Waals surface area contributed by atoms with E-state index in [1.165, 1.54) is 0 Å². The van der Waals surface area contributed by atoms with E-state index in [4.69, 9.17) is 15.6 Å². The molecule has 0 aliphatic heterocycles. The smallest absolute Gasteiger partial charge is 0.119 e. The summed E-state index contributed by atoms with van der Waals surface area (Å²) >= 11 is 0. The number of aliphatic hydroxyl groups excluding tert-OH is 1. The third kappa shape index (κ3) is 2.53. The highest BCUT2D eigenvalue weighted by Gasteiger charge is 1.94. The molecule has 66 valence electrons. The summed E-state index contributed by atoms with van der Waals surface area (Å²) < 4.78 is 5.26.